The molecule has 2 saturated heterocycles. The molecule has 2 fully saturated rings. The fraction of sp³-hybridized carbons (Fsp3) is 0.259. The first-order valence-corrected chi connectivity index (χ1v) is 11.9. The number of anilines is 2. The molecule has 0 spiro atoms. The number of imide groups is 1. The van der Waals surface area contributed by atoms with Gasteiger partial charge in [0.1, 0.15) is 0 Å². The lowest BCUT2D eigenvalue weighted by molar-refractivity contribution is -0.123. The molecule has 0 bridgehead atoms. The summed E-state index contributed by atoms with van der Waals surface area (Å²) in [7, 11) is 0. The predicted octanol–water partition coefficient (Wildman–Crippen LogP) is 2.50. The molecule has 1 unspecified atom stereocenters. The molecule has 36 heavy (non-hydrogen) atoms. The van der Waals surface area contributed by atoms with Gasteiger partial charge in [-0.1, -0.05) is 0 Å². The molecule has 3 aliphatic heterocycles. The van der Waals surface area contributed by atoms with Crippen LogP contribution in [0.15, 0.2) is 67.0 Å². The number of ketones is 1. The average molecular weight is 485 g/mol. The van der Waals surface area contributed by atoms with Gasteiger partial charge >= 0.3 is 0 Å². The van der Waals surface area contributed by atoms with E-state index in [1.165, 1.54) is 4.90 Å². The predicted molar refractivity (Wildman–Crippen MR) is 131 cm³/mol. The van der Waals surface area contributed by atoms with Gasteiger partial charge in [-0.3, -0.25) is 24.3 Å². The molecular formula is C27H24N4O5. The quantitative estimate of drug-likeness (QED) is 0.403. The summed E-state index contributed by atoms with van der Waals surface area (Å²) < 4.78 is 10.7. The largest absolute Gasteiger partial charge is 0.454 e. The molecule has 3 aliphatic rings. The molecule has 9 nitrogen and oxygen atoms in total. The summed E-state index contributed by atoms with van der Waals surface area (Å²) >= 11 is 0. The van der Waals surface area contributed by atoms with Gasteiger partial charge in [0.2, 0.25) is 12.7 Å². The van der Waals surface area contributed by atoms with Gasteiger partial charge in [0, 0.05) is 61.5 Å². The van der Waals surface area contributed by atoms with Gasteiger partial charge in [-0.15, -0.1) is 0 Å². The van der Waals surface area contributed by atoms with E-state index < -0.39 is 6.04 Å². The number of rotatable bonds is 5. The molecule has 6 rings (SSSR count). The van der Waals surface area contributed by atoms with Gasteiger partial charge in [0.15, 0.2) is 17.3 Å². The molecule has 0 radical (unpaired) electrons. The van der Waals surface area contributed by atoms with Crippen molar-refractivity contribution in [3.05, 3.63) is 78.1 Å². The van der Waals surface area contributed by atoms with Crippen LogP contribution in [0, 0.1) is 0 Å². The molecule has 1 atom stereocenters. The van der Waals surface area contributed by atoms with E-state index in [-0.39, 0.29) is 30.8 Å². The maximum Gasteiger partial charge on any atom is 0.251 e. The molecule has 2 amide bonds. The second-order valence-electron chi connectivity index (χ2n) is 8.97. The van der Waals surface area contributed by atoms with Gasteiger partial charge in [0.25, 0.3) is 5.91 Å². The summed E-state index contributed by atoms with van der Waals surface area (Å²) in [6.45, 7) is 2.90. The summed E-state index contributed by atoms with van der Waals surface area (Å²) in [6, 6.07) is 15.7. The first kappa shape index (κ1) is 22.2. The summed E-state index contributed by atoms with van der Waals surface area (Å²) in [5.74, 6) is 0.681. The molecule has 1 aromatic heterocycles. The highest BCUT2D eigenvalue weighted by Gasteiger charge is 2.43. The van der Waals surface area contributed by atoms with Crippen molar-refractivity contribution < 1.29 is 23.9 Å². The summed E-state index contributed by atoms with van der Waals surface area (Å²) in [4.78, 5) is 48.2. The van der Waals surface area contributed by atoms with Crippen LogP contribution in [0.2, 0.25) is 0 Å². The molecule has 0 saturated carbocycles. The van der Waals surface area contributed by atoms with Crippen LogP contribution >= 0.6 is 0 Å². The molecule has 2 aromatic carbocycles. The van der Waals surface area contributed by atoms with Crippen molar-refractivity contribution in [3.8, 4) is 11.5 Å². The maximum atomic E-state index is 13.2. The minimum Gasteiger partial charge on any atom is -0.454 e. The zero-order valence-corrected chi connectivity index (χ0v) is 19.5. The second kappa shape index (κ2) is 9.09. The Morgan fingerprint density at radius 1 is 0.861 bits per heavy atom. The Bertz CT molecular complexity index is 1320. The normalized spacial score (nSPS) is 19.7. The highest BCUT2D eigenvalue weighted by molar-refractivity contribution is 6.22. The minimum absolute atomic E-state index is 0.0594. The Kier molecular flexibility index (Phi) is 5.61. The van der Waals surface area contributed by atoms with Gasteiger partial charge in [-0.2, -0.15) is 0 Å². The Balaban J connectivity index is 1.09. The second-order valence-corrected chi connectivity index (χ2v) is 8.97. The lowest BCUT2D eigenvalue weighted by Gasteiger charge is -2.38. The zero-order valence-electron chi connectivity index (χ0n) is 19.5. The van der Waals surface area contributed by atoms with E-state index in [2.05, 4.69) is 14.8 Å². The van der Waals surface area contributed by atoms with Crippen molar-refractivity contribution in [2.24, 2.45) is 0 Å². The lowest BCUT2D eigenvalue weighted by atomic mass is 10.0. The van der Waals surface area contributed by atoms with E-state index >= 15 is 0 Å². The van der Waals surface area contributed by atoms with Gasteiger partial charge in [0.05, 0.1) is 18.2 Å². The van der Waals surface area contributed by atoms with Crippen molar-refractivity contribution in [2.45, 2.75) is 12.5 Å². The number of benzene rings is 2. The number of pyridine rings is 1. The third-order valence-corrected chi connectivity index (χ3v) is 6.91. The first-order chi connectivity index (χ1) is 17.6. The molecule has 0 aliphatic carbocycles. The van der Waals surface area contributed by atoms with Crippen molar-refractivity contribution in [1.29, 1.82) is 0 Å². The van der Waals surface area contributed by atoms with Gasteiger partial charge in [-0.25, -0.2) is 4.90 Å². The van der Waals surface area contributed by atoms with E-state index in [9.17, 15) is 14.4 Å². The number of carbonyl (C=O) groups is 3. The van der Waals surface area contributed by atoms with Crippen molar-refractivity contribution in [1.82, 2.24) is 9.88 Å². The third kappa shape index (κ3) is 3.97. The van der Waals surface area contributed by atoms with Crippen LogP contribution in [-0.4, -0.2) is 66.5 Å². The number of hydrogen-bond acceptors (Lipinski definition) is 8. The van der Waals surface area contributed by atoms with Gasteiger partial charge in [-0.05, 0) is 48.5 Å². The number of aromatic nitrogens is 1. The number of hydrogen-bond donors (Lipinski definition) is 0. The highest BCUT2D eigenvalue weighted by Crippen LogP contribution is 2.37. The van der Waals surface area contributed by atoms with Crippen LogP contribution in [-0.2, 0) is 9.59 Å². The Labute approximate surface area is 207 Å². The van der Waals surface area contributed by atoms with Crippen LogP contribution in [0.4, 0.5) is 11.4 Å². The van der Waals surface area contributed by atoms with E-state index in [0.29, 0.717) is 41.4 Å². The third-order valence-electron chi connectivity index (χ3n) is 6.91. The smallest absolute Gasteiger partial charge is 0.251 e. The van der Waals surface area contributed by atoms with E-state index in [4.69, 9.17) is 9.47 Å². The maximum absolute atomic E-state index is 13.2. The van der Waals surface area contributed by atoms with E-state index in [1.807, 2.05) is 24.3 Å². The van der Waals surface area contributed by atoms with E-state index in [1.54, 1.807) is 42.7 Å². The number of piperazine rings is 1. The highest BCUT2D eigenvalue weighted by atomic mass is 16.7. The van der Waals surface area contributed by atoms with Crippen LogP contribution < -0.4 is 19.3 Å². The van der Waals surface area contributed by atoms with Crippen LogP contribution in [0.3, 0.4) is 0 Å². The first-order valence-electron chi connectivity index (χ1n) is 11.9. The molecular weight excluding hydrogens is 460 g/mol. The summed E-state index contributed by atoms with van der Waals surface area (Å²) in [5.41, 5.74) is 2.71. The molecule has 9 heteroatoms. The van der Waals surface area contributed by atoms with Crippen molar-refractivity contribution in [3.63, 3.8) is 0 Å². The molecule has 182 valence electrons. The number of carbonyl (C=O) groups excluding carboxylic acids is 3. The molecule has 0 N–H and O–H groups in total. The zero-order chi connectivity index (χ0) is 24.6. The van der Waals surface area contributed by atoms with Gasteiger partial charge < -0.3 is 14.4 Å². The van der Waals surface area contributed by atoms with Crippen molar-refractivity contribution in [2.75, 3.05) is 42.8 Å². The molecule has 3 aromatic rings. The SMILES string of the molecule is O=C(c1ccc(N2CCN(C3CC(=O)N(c4ccc5c(c4)OCO5)C3=O)CC2)cc1)c1cccnc1. The van der Waals surface area contributed by atoms with Crippen LogP contribution in [0.25, 0.3) is 0 Å². The molecule has 4 heterocycles. The Hall–Kier alpha value is -4.24. The number of amides is 2. The number of nitrogens with zero attached hydrogens (tertiary/aromatic N) is 4. The van der Waals surface area contributed by atoms with Crippen LogP contribution in [0.5, 0.6) is 11.5 Å². The average Bonchev–Trinajstić information content (AvgIpc) is 3.52. The van der Waals surface area contributed by atoms with E-state index in [0.717, 1.165) is 18.8 Å². The summed E-state index contributed by atoms with van der Waals surface area (Å²) in [6.07, 6.45) is 3.38. The number of fused-ring (bicyclic) bond motifs is 1. The Morgan fingerprint density at radius 2 is 1.61 bits per heavy atom. The number of ether oxygens (including phenoxy) is 2. The fourth-order valence-corrected chi connectivity index (χ4v) is 4.98. The topological polar surface area (TPSA) is 92.3 Å². The standard InChI is InChI=1S/C27H24N4O5/c32-25-15-22(27(34)31(25)21-7-8-23-24(14-21)36-17-35-23)30-12-10-29(11-13-30)20-5-3-18(4-6-20)26(33)19-2-1-9-28-16-19/h1-9,14,16,22H,10-13,15,17H2. The lowest BCUT2D eigenvalue weighted by Crippen LogP contribution is -2.52. The Morgan fingerprint density at radius 3 is 2.36 bits per heavy atom. The van der Waals surface area contributed by atoms with Crippen LogP contribution in [0.1, 0.15) is 22.3 Å². The fourth-order valence-electron chi connectivity index (χ4n) is 4.98. The summed E-state index contributed by atoms with van der Waals surface area (Å²) in [5, 5.41) is 0. The monoisotopic (exact) mass is 484 g/mol. The van der Waals surface area contributed by atoms with Crippen molar-refractivity contribution >= 4 is 29.0 Å². The minimum atomic E-state index is -0.468.